The maximum Gasteiger partial charge on any atom is 0.252 e. The summed E-state index contributed by atoms with van der Waals surface area (Å²) in [4.78, 5) is 12.5. The van der Waals surface area contributed by atoms with E-state index < -0.39 is 0 Å². The molecule has 1 aromatic carbocycles. The van der Waals surface area contributed by atoms with Gasteiger partial charge in [-0.3, -0.25) is 4.79 Å². The normalized spacial score (nSPS) is 14.2. The summed E-state index contributed by atoms with van der Waals surface area (Å²) in [6, 6.07) is 5.89. The van der Waals surface area contributed by atoms with Gasteiger partial charge in [0.25, 0.3) is 5.91 Å². The number of carbonyl (C=O) groups excluding carboxylic acids is 1. The van der Waals surface area contributed by atoms with Gasteiger partial charge in [-0.25, -0.2) is 0 Å². The predicted molar refractivity (Wildman–Crippen MR) is 86.8 cm³/mol. The molecular weight excluding hydrogens is 461 g/mol. The van der Waals surface area contributed by atoms with Gasteiger partial charge in [-0.05, 0) is 70.1 Å². The first-order chi connectivity index (χ1) is 7.90. The molecule has 0 aromatic heterocycles. The number of hydrogen-bond acceptors (Lipinski definition) is 1. The van der Waals surface area contributed by atoms with Gasteiger partial charge in [-0.2, -0.15) is 0 Å². The molecule has 0 saturated heterocycles. The first-order valence-corrected chi connectivity index (χ1v) is 8.09. The van der Waals surface area contributed by atoms with Crippen LogP contribution >= 0.6 is 54.5 Å². The van der Waals surface area contributed by atoms with Gasteiger partial charge in [0.05, 0.1) is 5.56 Å². The average molecular weight is 475 g/mol. The van der Waals surface area contributed by atoms with Crippen molar-refractivity contribution >= 4 is 60.4 Å². The maximum absolute atomic E-state index is 12.0. The molecule has 1 aromatic rings. The summed E-state index contributed by atoms with van der Waals surface area (Å²) >= 11 is 9.08. The first-order valence-electron chi connectivity index (χ1n) is 5.30. The minimum Gasteiger partial charge on any atom is -0.350 e. The van der Waals surface area contributed by atoms with Gasteiger partial charge in [0.1, 0.15) is 0 Å². The molecule has 2 unspecified atom stereocenters. The van der Waals surface area contributed by atoms with Crippen molar-refractivity contribution in [2.45, 2.75) is 31.1 Å². The van der Waals surface area contributed by atoms with Crippen LogP contribution in [-0.2, 0) is 0 Å². The highest BCUT2D eigenvalue weighted by atomic mass is 127. The lowest BCUT2D eigenvalue weighted by Crippen LogP contribution is -2.34. The van der Waals surface area contributed by atoms with Crippen molar-refractivity contribution in [1.29, 1.82) is 0 Å². The molecule has 1 rings (SSSR count). The Morgan fingerprint density at radius 2 is 2.12 bits per heavy atom. The lowest BCUT2D eigenvalue weighted by Gasteiger charge is -2.15. The molecule has 0 aliphatic rings. The molecule has 0 heterocycles. The molecule has 0 spiro atoms. The van der Waals surface area contributed by atoms with Crippen LogP contribution in [0.1, 0.15) is 30.6 Å². The van der Waals surface area contributed by atoms with Crippen LogP contribution < -0.4 is 5.32 Å². The van der Waals surface area contributed by atoms with Gasteiger partial charge in [-0.1, -0.05) is 22.9 Å². The number of nitrogens with one attached hydrogen (secondary N) is 1. The molecule has 0 fully saturated rings. The Kier molecular flexibility index (Phi) is 6.44. The number of carbonyl (C=O) groups is 1. The van der Waals surface area contributed by atoms with E-state index in [0.717, 1.165) is 14.5 Å². The van der Waals surface area contributed by atoms with Crippen molar-refractivity contribution in [2.75, 3.05) is 0 Å². The molecule has 0 aliphatic heterocycles. The Labute approximate surface area is 132 Å². The minimum atomic E-state index is -0.0314. The van der Waals surface area contributed by atoms with E-state index in [4.69, 9.17) is 0 Å². The largest absolute Gasteiger partial charge is 0.350 e. The molecule has 2 nitrogen and oxygen atoms in total. The van der Waals surface area contributed by atoms with E-state index in [1.807, 2.05) is 25.1 Å². The highest BCUT2D eigenvalue weighted by Crippen LogP contribution is 2.19. The second-order valence-electron chi connectivity index (χ2n) is 4.02. The van der Waals surface area contributed by atoms with Crippen LogP contribution in [0.25, 0.3) is 0 Å². The van der Waals surface area contributed by atoms with Crippen LogP contribution in [0, 0.1) is 3.57 Å². The van der Waals surface area contributed by atoms with E-state index >= 15 is 0 Å². The van der Waals surface area contributed by atoms with E-state index in [1.165, 1.54) is 0 Å². The fourth-order valence-electron chi connectivity index (χ4n) is 1.52. The number of amides is 1. The van der Waals surface area contributed by atoms with Crippen molar-refractivity contribution in [3.05, 3.63) is 31.8 Å². The average Bonchev–Trinajstić information content (AvgIpc) is 2.20. The van der Waals surface area contributed by atoms with Crippen LogP contribution in [0.15, 0.2) is 22.7 Å². The predicted octanol–water partition coefficient (Wildman–Crippen LogP) is 4.35. The molecule has 17 heavy (non-hydrogen) atoms. The zero-order valence-electron chi connectivity index (χ0n) is 9.64. The molecule has 0 aliphatic carbocycles. The van der Waals surface area contributed by atoms with Gasteiger partial charge in [0, 0.05) is 18.9 Å². The summed E-state index contributed by atoms with van der Waals surface area (Å²) in [5.74, 6) is -0.0314. The summed E-state index contributed by atoms with van der Waals surface area (Å²) in [7, 11) is 0. The summed E-state index contributed by atoms with van der Waals surface area (Å²) < 4.78 is 1.88. The van der Waals surface area contributed by atoms with E-state index in [-0.39, 0.29) is 11.9 Å². The van der Waals surface area contributed by atoms with Gasteiger partial charge in [0.15, 0.2) is 0 Å². The zero-order chi connectivity index (χ0) is 13.0. The van der Waals surface area contributed by atoms with Crippen LogP contribution in [0.3, 0.4) is 0 Å². The fourth-order valence-corrected chi connectivity index (χ4v) is 3.00. The summed E-state index contributed by atoms with van der Waals surface area (Å²) in [6.45, 7) is 4.08. The second-order valence-corrected chi connectivity index (χ2v) is 7.68. The quantitative estimate of drug-likeness (QED) is 0.510. The van der Waals surface area contributed by atoms with Crippen molar-refractivity contribution < 1.29 is 4.79 Å². The molecule has 0 bridgehead atoms. The number of halogens is 3. The Morgan fingerprint density at radius 3 is 2.71 bits per heavy atom. The van der Waals surface area contributed by atoms with Crippen LogP contribution in [0.4, 0.5) is 0 Å². The Morgan fingerprint density at radius 1 is 1.47 bits per heavy atom. The standard InChI is InChI=1S/C12H14Br2INO/c1-7(13)5-8(2)16-12(17)10-6-9(15)3-4-11(10)14/h3-4,6-8H,5H2,1-2H3,(H,16,17). The van der Waals surface area contributed by atoms with Gasteiger partial charge < -0.3 is 5.32 Å². The lowest BCUT2D eigenvalue weighted by atomic mass is 10.1. The highest BCUT2D eigenvalue weighted by molar-refractivity contribution is 14.1. The highest BCUT2D eigenvalue weighted by Gasteiger charge is 2.14. The van der Waals surface area contributed by atoms with Crippen molar-refractivity contribution in [3.63, 3.8) is 0 Å². The molecule has 0 radical (unpaired) electrons. The molecular formula is C12H14Br2INO. The molecule has 2 atom stereocenters. The number of benzene rings is 1. The topological polar surface area (TPSA) is 29.1 Å². The number of alkyl halides is 1. The summed E-state index contributed by atoms with van der Waals surface area (Å²) in [5, 5.41) is 2.99. The maximum atomic E-state index is 12.0. The van der Waals surface area contributed by atoms with Crippen LogP contribution in [-0.4, -0.2) is 16.8 Å². The minimum absolute atomic E-state index is 0.0314. The van der Waals surface area contributed by atoms with Gasteiger partial charge in [0.2, 0.25) is 0 Å². The van der Waals surface area contributed by atoms with Crippen molar-refractivity contribution in [3.8, 4) is 0 Å². The Hall–Kier alpha value is 0.380. The Balaban J connectivity index is 2.73. The van der Waals surface area contributed by atoms with Crippen molar-refractivity contribution in [1.82, 2.24) is 5.32 Å². The van der Waals surface area contributed by atoms with Crippen LogP contribution in [0.5, 0.6) is 0 Å². The third-order valence-corrected chi connectivity index (χ3v) is 3.97. The third kappa shape index (κ3) is 5.26. The van der Waals surface area contributed by atoms with Gasteiger partial charge in [-0.15, -0.1) is 0 Å². The van der Waals surface area contributed by atoms with E-state index in [2.05, 4.69) is 66.7 Å². The fraction of sp³-hybridized carbons (Fsp3) is 0.417. The molecule has 94 valence electrons. The number of hydrogen-bond donors (Lipinski definition) is 1. The molecule has 0 saturated carbocycles. The first kappa shape index (κ1) is 15.4. The smallest absolute Gasteiger partial charge is 0.252 e. The lowest BCUT2D eigenvalue weighted by molar-refractivity contribution is 0.0938. The van der Waals surface area contributed by atoms with Crippen LogP contribution in [0.2, 0.25) is 0 Å². The van der Waals surface area contributed by atoms with E-state index in [1.54, 1.807) is 0 Å². The Bertz CT molecular complexity index is 409. The molecule has 5 heteroatoms. The SMILES string of the molecule is CC(Br)CC(C)NC(=O)c1cc(I)ccc1Br. The molecule has 1 amide bonds. The zero-order valence-corrected chi connectivity index (χ0v) is 15.0. The second kappa shape index (κ2) is 7.09. The summed E-state index contributed by atoms with van der Waals surface area (Å²) in [5.41, 5.74) is 0.686. The monoisotopic (exact) mass is 473 g/mol. The van der Waals surface area contributed by atoms with E-state index in [9.17, 15) is 4.79 Å². The number of rotatable bonds is 4. The van der Waals surface area contributed by atoms with Crippen molar-refractivity contribution in [2.24, 2.45) is 0 Å². The molecule has 1 N–H and O–H groups in total. The van der Waals surface area contributed by atoms with E-state index in [0.29, 0.717) is 10.4 Å². The van der Waals surface area contributed by atoms with Gasteiger partial charge >= 0.3 is 0 Å². The summed E-state index contributed by atoms with van der Waals surface area (Å²) in [6.07, 6.45) is 0.910. The third-order valence-electron chi connectivity index (χ3n) is 2.23.